The average Bonchev–Trinajstić information content (AvgIpc) is 2.53. The van der Waals surface area contributed by atoms with Gasteiger partial charge in [0.25, 0.3) is 0 Å². The Hall–Kier alpha value is -1.74. The van der Waals surface area contributed by atoms with E-state index in [9.17, 15) is 4.79 Å². The van der Waals surface area contributed by atoms with Crippen molar-refractivity contribution in [1.29, 1.82) is 0 Å². The minimum atomic E-state index is -0.104. The van der Waals surface area contributed by atoms with Gasteiger partial charge in [0.1, 0.15) is 0 Å². The Morgan fingerprint density at radius 2 is 1.53 bits per heavy atom. The second-order valence-corrected chi connectivity index (χ2v) is 4.56. The molecule has 17 heavy (non-hydrogen) atoms. The summed E-state index contributed by atoms with van der Waals surface area (Å²) in [5.74, 6) is 0.366. The highest BCUT2D eigenvalue weighted by molar-refractivity contribution is 7.99. The van der Waals surface area contributed by atoms with Crippen molar-refractivity contribution < 1.29 is 4.74 Å². The van der Waals surface area contributed by atoms with Crippen molar-refractivity contribution >= 4 is 11.8 Å². The molecule has 2 nitrogen and oxygen atoms in total. The van der Waals surface area contributed by atoms with Crippen molar-refractivity contribution in [3.63, 3.8) is 0 Å². The quantitative estimate of drug-likeness (QED) is 0.829. The van der Waals surface area contributed by atoms with Gasteiger partial charge in [-0.3, -0.25) is 4.79 Å². The van der Waals surface area contributed by atoms with E-state index < -0.39 is 0 Å². The highest BCUT2D eigenvalue weighted by atomic mass is 32.2. The Bertz CT molecular complexity index is 552. The molecule has 2 rings (SSSR count). The predicted molar refractivity (Wildman–Crippen MR) is 69.8 cm³/mol. The van der Waals surface area contributed by atoms with Crippen molar-refractivity contribution in [2.75, 3.05) is 7.11 Å². The number of methoxy groups -OCH3 is 1. The third-order valence-electron chi connectivity index (χ3n) is 2.24. The third-order valence-corrected chi connectivity index (χ3v) is 3.26. The van der Waals surface area contributed by atoms with Crippen LogP contribution in [-0.4, -0.2) is 7.11 Å². The molecule has 0 N–H and O–H groups in total. The first kappa shape index (κ1) is 11.7. The van der Waals surface area contributed by atoms with Gasteiger partial charge < -0.3 is 4.74 Å². The molecule has 0 fully saturated rings. The van der Waals surface area contributed by atoms with Gasteiger partial charge in [-0.15, -0.1) is 0 Å². The molecule has 0 aliphatic heterocycles. The molecule has 0 aliphatic carbocycles. The van der Waals surface area contributed by atoms with Gasteiger partial charge in [0.2, 0.25) is 5.43 Å². The number of benzene rings is 1. The molecule has 2 aromatic rings. The van der Waals surface area contributed by atoms with Crippen LogP contribution in [0.4, 0.5) is 0 Å². The molecule has 0 radical (unpaired) electrons. The van der Waals surface area contributed by atoms with Crippen LogP contribution in [0.1, 0.15) is 0 Å². The Labute approximate surface area is 104 Å². The fourth-order valence-electron chi connectivity index (χ4n) is 1.40. The molecule has 3 heteroatoms. The Morgan fingerprint density at radius 3 is 2.24 bits per heavy atom. The van der Waals surface area contributed by atoms with Crippen LogP contribution >= 0.6 is 11.8 Å². The molecule has 0 unspecified atom stereocenters. The summed E-state index contributed by atoms with van der Waals surface area (Å²) in [6, 6.07) is 17.0. The maximum atomic E-state index is 11.5. The van der Waals surface area contributed by atoms with Gasteiger partial charge in [-0.25, -0.2) is 0 Å². The van der Waals surface area contributed by atoms with Gasteiger partial charge >= 0.3 is 0 Å². The van der Waals surface area contributed by atoms with E-state index in [1.807, 2.05) is 42.5 Å². The van der Waals surface area contributed by atoms with E-state index in [1.165, 1.54) is 13.2 Å². The van der Waals surface area contributed by atoms with E-state index in [0.717, 1.165) is 9.79 Å². The summed E-state index contributed by atoms with van der Waals surface area (Å²) in [5, 5.41) is 0. The maximum absolute atomic E-state index is 11.5. The maximum Gasteiger partial charge on any atom is 0.220 e. The standard InChI is InChI=1S/C14H12O2S/c1-16-14-10-8-12(7-9-13(14)15)17-11-5-3-2-4-6-11/h2-10H,1H3. The Morgan fingerprint density at radius 1 is 0.882 bits per heavy atom. The summed E-state index contributed by atoms with van der Waals surface area (Å²) in [6.07, 6.45) is 0. The molecule has 86 valence electrons. The molecule has 0 aromatic heterocycles. The van der Waals surface area contributed by atoms with Gasteiger partial charge in [0.15, 0.2) is 5.75 Å². The van der Waals surface area contributed by atoms with Crippen molar-refractivity contribution in [3.8, 4) is 5.75 Å². The van der Waals surface area contributed by atoms with Crippen LogP contribution in [-0.2, 0) is 0 Å². The highest BCUT2D eigenvalue weighted by Gasteiger charge is 1.98. The topological polar surface area (TPSA) is 26.3 Å². The van der Waals surface area contributed by atoms with E-state index in [0.29, 0.717) is 5.75 Å². The molecule has 2 aromatic carbocycles. The van der Waals surface area contributed by atoms with Crippen LogP contribution in [0.3, 0.4) is 0 Å². The largest absolute Gasteiger partial charge is 0.493 e. The lowest BCUT2D eigenvalue weighted by Crippen LogP contribution is -1.98. The number of rotatable bonds is 3. The molecule has 0 heterocycles. The molecule has 0 aliphatic rings. The molecule has 0 saturated heterocycles. The van der Waals surface area contributed by atoms with Gasteiger partial charge in [0.05, 0.1) is 7.11 Å². The SMILES string of the molecule is COc1ccc(Sc2ccccc2)ccc1=O. The minimum Gasteiger partial charge on any atom is -0.493 e. The number of hydrogen-bond acceptors (Lipinski definition) is 3. The van der Waals surface area contributed by atoms with Crippen LogP contribution in [0, 0.1) is 0 Å². The first-order valence-electron chi connectivity index (χ1n) is 5.21. The van der Waals surface area contributed by atoms with E-state index in [2.05, 4.69) is 0 Å². The van der Waals surface area contributed by atoms with Crippen LogP contribution in [0.15, 0.2) is 69.2 Å². The Kier molecular flexibility index (Phi) is 3.83. The average molecular weight is 244 g/mol. The van der Waals surface area contributed by atoms with Gasteiger partial charge in [-0.2, -0.15) is 0 Å². The summed E-state index contributed by atoms with van der Waals surface area (Å²) < 4.78 is 4.99. The molecular formula is C14H12O2S. The lowest BCUT2D eigenvalue weighted by molar-refractivity contribution is 0.411. The summed E-state index contributed by atoms with van der Waals surface area (Å²) in [4.78, 5) is 13.7. The zero-order chi connectivity index (χ0) is 12.1. The summed E-state index contributed by atoms with van der Waals surface area (Å²) in [5.41, 5.74) is -0.104. The number of ether oxygens (including phenoxy) is 1. The third kappa shape index (κ3) is 3.11. The zero-order valence-electron chi connectivity index (χ0n) is 9.42. The summed E-state index contributed by atoms with van der Waals surface area (Å²) >= 11 is 1.61. The van der Waals surface area contributed by atoms with E-state index >= 15 is 0 Å². The monoisotopic (exact) mass is 244 g/mol. The van der Waals surface area contributed by atoms with Crippen LogP contribution in [0.25, 0.3) is 0 Å². The van der Waals surface area contributed by atoms with Crippen LogP contribution in [0.5, 0.6) is 5.75 Å². The van der Waals surface area contributed by atoms with Crippen molar-refractivity contribution in [1.82, 2.24) is 0 Å². The molecule has 0 amide bonds. The van der Waals surface area contributed by atoms with Crippen molar-refractivity contribution in [3.05, 3.63) is 64.8 Å². The molecule has 0 spiro atoms. The highest BCUT2D eigenvalue weighted by Crippen LogP contribution is 2.26. The van der Waals surface area contributed by atoms with Gasteiger partial charge in [-0.05, 0) is 36.4 Å². The Balaban J connectivity index is 2.30. The van der Waals surface area contributed by atoms with Gasteiger partial charge in [-0.1, -0.05) is 30.0 Å². The molecule has 0 bridgehead atoms. The fourth-order valence-corrected chi connectivity index (χ4v) is 2.23. The minimum absolute atomic E-state index is 0.104. The van der Waals surface area contributed by atoms with E-state index in [-0.39, 0.29) is 5.43 Å². The lowest BCUT2D eigenvalue weighted by atomic mass is 10.4. The predicted octanol–water partition coefficient (Wildman–Crippen LogP) is 3.21. The van der Waals surface area contributed by atoms with Crippen molar-refractivity contribution in [2.45, 2.75) is 9.79 Å². The summed E-state index contributed by atoms with van der Waals surface area (Å²) in [7, 11) is 1.50. The second kappa shape index (κ2) is 5.55. The first-order valence-corrected chi connectivity index (χ1v) is 6.02. The zero-order valence-corrected chi connectivity index (χ0v) is 10.2. The smallest absolute Gasteiger partial charge is 0.220 e. The normalized spacial score (nSPS) is 9.94. The number of hydrogen-bond donors (Lipinski definition) is 0. The molecule has 0 atom stereocenters. The molecule has 0 saturated carbocycles. The van der Waals surface area contributed by atoms with Crippen LogP contribution in [0.2, 0.25) is 0 Å². The van der Waals surface area contributed by atoms with Crippen molar-refractivity contribution in [2.24, 2.45) is 0 Å². The van der Waals surface area contributed by atoms with E-state index in [4.69, 9.17) is 4.74 Å². The lowest BCUT2D eigenvalue weighted by Gasteiger charge is -1.97. The fraction of sp³-hybridized carbons (Fsp3) is 0.0714. The second-order valence-electron chi connectivity index (χ2n) is 3.42. The van der Waals surface area contributed by atoms with E-state index in [1.54, 1.807) is 17.8 Å². The van der Waals surface area contributed by atoms with Crippen LogP contribution < -0.4 is 10.2 Å². The first-order chi connectivity index (χ1) is 8.29. The van der Waals surface area contributed by atoms with Gasteiger partial charge in [0, 0.05) is 9.79 Å². The molecular weight excluding hydrogens is 232 g/mol. The summed E-state index contributed by atoms with van der Waals surface area (Å²) in [6.45, 7) is 0.